The van der Waals surface area contributed by atoms with E-state index in [1.54, 1.807) is 26.2 Å². The highest BCUT2D eigenvalue weighted by Gasteiger charge is 2.39. The number of aromatic hydroxyl groups is 1. The van der Waals surface area contributed by atoms with Gasteiger partial charge in [-0.1, -0.05) is 0 Å². The van der Waals surface area contributed by atoms with Crippen LogP contribution in [0.15, 0.2) is 23.2 Å². The van der Waals surface area contributed by atoms with Crippen LogP contribution in [0, 0.1) is 0 Å². The third-order valence-corrected chi connectivity index (χ3v) is 3.36. The first-order valence-corrected chi connectivity index (χ1v) is 6.87. The molecule has 0 amide bonds. The molecule has 22 heavy (non-hydrogen) atoms. The monoisotopic (exact) mass is 308 g/mol. The summed E-state index contributed by atoms with van der Waals surface area (Å²) in [4.78, 5) is 16.1. The van der Waals surface area contributed by atoms with Crippen LogP contribution in [0.4, 0.5) is 0 Å². The summed E-state index contributed by atoms with van der Waals surface area (Å²) in [5, 5.41) is 13.1. The van der Waals surface area contributed by atoms with E-state index in [0.717, 1.165) is 0 Å². The summed E-state index contributed by atoms with van der Waals surface area (Å²) in [6, 6.07) is 4.91. The number of methoxy groups -OCH3 is 2. The van der Waals surface area contributed by atoms with Gasteiger partial charge in [0, 0.05) is 13.2 Å². The van der Waals surface area contributed by atoms with Crippen molar-refractivity contribution in [1.29, 1.82) is 0 Å². The van der Waals surface area contributed by atoms with Crippen LogP contribution in [0.5, 0.6) is 11.5 Å². The first kappa shape index (κ1) is 16.1. The Bertz CT molecular complexity index is 587. The largest absolute Gasteiger partial charge is 0.507 e. The Morgan fingerprint density at radius 3 is 2.82 bits per heavy atom. The number of phenols is 1. The highest BCUT2D eigenvalue weighted by molar-refractivity contribution is 6.05. The lowest BCUT2D eigenvalue weighted by Gasteiger charge is -2.15. The molecular weight excluding hydrogens is 288 g/mol. The average Bonchev–Trinajstić information content (AvgIpc) is 2.90. The smallest absolute Gasteiger partial charge is 0.335 e. The van der Waals surface area contributed by atoms with Crippen molar-refractivity contribution in [3.63, 3.8) is 0 Å². The highest BCUT2D eigenvalue weighted by atomic mass is 16.5. The highest BCUT2D eigenvalue weighted by Crippen LogP contribution is 2.27. The van der Waals surface area contributed by atoms with E-state index in [1.165, 1.54) is 13.2 Å². The predicted octanol–water partition coefficient (Wildman–Crippen LogP) is 0.699. The van der Waals surface area contributed by atoms with Gasteiger partial charge in [-0.15, -0.1) is 0 Å². The number of esters is 1. The van der Waals surface area contributed by atoms with Crippen molar-refractivity contribution in [1.82, 2.24) is 5.32 Å². The van der Waals surface area contributed by atoms with Crippen LogP contribution >= 0.6 is 0 Å². The predicted molar refractivity (Wildman–Crippen MR) is 80.4 cm³/mol. The van der Waals surface area contributed by atoms with Crippen molar-refractivity contribution in [2.24, 2.45) is 4.99 Å². The van der Waals surface area contributed by atoms with Crippen LogP contribution in [0.3, 0.4) is 0 Å². The number of phenolic OH excluding ortho intramolecular Hbond substituents is 1. The van der Waals surface area contributed by atoms with E-state index in [1.807, 2.05) is 0 Å². The van der Waals surface area contributed by atoms with Crippen LogP contribution in [0.25, 0.3) is 0 Å². The summed E-state index contributed by atoms with van der Waals surface area (Å²) in [5.41, 5.74) is -0.476. The van der Waals surface area contributed by atoms with Gasteiger partial charge < -0.3 is 24.6 Å². The molecule has 0 bridgehead atoms. The molecule has 2 rings (SSSR count). The standard InChI is InChI=1S/C15H20N2O5/c1-15(14(19)21-3)9-16-13(17-15)11-5-4-10(8-12(11)18)22-7-6-20-2/h4-5,8,18H,6-7,9H2,1-3H3,(H,16,17). The Morgan fingerprint density at radius 1 is 1.41 bits per heavy atom. The second-order valence-electron chi connectivity index (χ2n) is 5.10. The molecule has 1 aliphatic heterocycles. The molecule has 0 saturated heterocycles. The molecule has 1 aromatic carbocycles. The lowest BCUT2D eigenvalue weighted by molar-refractivity contribution is -0.145. The van der Waals surface area contributed by atoms with Gasteiger partial charge in [0.1, 0.15) is 23.9 Å². The third kappa shape index (κ3) is 3.30. The number of hydrogen-bond acceptors (Lipinski definition) is 7. The number of nitrogens with one attached hydrogen (secondary N) is 1. The molecule has 1 unspecified atom stereocenters. The van der Waals surface area contributed by atoms with Gasteiger partial charge in [0.2, 0.25) is 0 Å². The minimum atomic E-state index is -0.982. The van der Waals surface area contributed by atoms with Gasteiger partial charge >= 0.3 is 5.97 Å². The fourth-order valence-electron chi connectivity index (χ4n) is 2.12. The normalized spacial score (nSPS) is 20.2. The van der Waals surface area contributed by atoms with E-state index in [9.17, 15) is 9.90 Å². The van der Waals surface area contributed by atoms with Crippen molar-refractivity contribution in [3.8, 4) is 11.5 Å². The molecule has 1 atom stereocenters. The maximum atomic E-state index is 11.7. The van der Waals surface area contributed by atoms with E-state index >= 15 is 0 Å². The van der Waals surface area contributed by atoms with Crippen LogP contribution in [-0.4, -0.2) is 56.4 Å². The third-order valence-electron chi connectivity index (χ3n) is 3.36. The summed E-state index contributed by atoms with van der Waals surface area (Å²) in [6.45, 7) is 2.86. The van der Waals surface area contributed by atoms with Crippen molar-refractivity contribution in [2.75, 3.05) is 34.0 Å². The summed E-state index contributed by atoms with van der Waals surface area (Å²) in [6.07, 6.45) is 0. The number of nitrogens with zero attached hydrogens (tertiary/aromatic N) is 1. The number of aliphatic imine (C=N–C) groups is 1. The molecule has 0 fully saturated rings. The number of rotatable bonds is 6. The molecule has 120 valence electrons. The molecule has 0 aliphatic carbocycles. The molecular formula is C15H20N2O5. The van der Waals surface area contributed by atoms with Gasteiger partial charge in [-0.2, -0.15) is 0 Å². The van der Waals surface area contributed by atoms with Crippen LogP contribution in [0.2, 0.25) is 0 Å². The lowest BCUT2D eigenvalue weighted by atomic mass is 10.1. The molecule has 1 aromatic rings. The van der Waals surface area contributed by atoms with Crippen LogP contribution < -0.4 is 10.1 Å². The molecule has 0 radical (unpaired) electrons. The Hall–Kier alpha value is -2.28. The lowest BCUT2D eigenvalue weighted by Crippen LogP contribution is -2.38. The van der Waals surface area contributed by atoms with E-state index in [0.29, 0.717) is 36.9 Å². The van der Waals surface area contributed by atoms with Gasteiger partial charge in [-0.25, -0.2) is 9.79 Å². The molecule has 1 aliphatic rings. The summed E-state index contributed by atoms with van der Waals surface area (Å²) >= 11 is 0. The summed E-state index contributed by atoms with van der Waals surface area (Å²) < 4.78 is 15.1. The second kappa shape index (κ2) is 6.65. The Labute approximate surface area is 128 Å². The van der Waals surface area contributed by atoms with E-state index < -0.39 is 11.5 Å². The van der Waals surface area contributed by atoms with E-state index in [4.69, 9.17) is 14.2 Å². The van der Waals surface area contributed by atoms with Crippen molar-refractivity contribution < 1.29 is 24.1 Å². The van der Waals surface area contributed by atoms with Gasteiger partial charge in [-0.3, -0.25) is 0 Å². The Morgan fingerprint density at radius 2 is 2.18 bits per heavy atom. The zero-order valence-electron chi connectivity index (χ0n) is 12.9. The number of ether oxygens (including phenoxy) is 3. The van der Waals surface area contributed by atoms with Crippen molar-refractivity contribution >= 4 is 11.8 Å². The number of benzene rings is 1. The number of amidine groups is 1. The Balaban J connectivity index is 2.16. The van der Waals surface area contributed by atoms with Gasteiger partial charge in [0.15, 0.2) is 5.54 Å². The number of carbonyl (C=O) groups is 1. The minimum absolute atomic E-state index is 0.0234. The zero-order chi connectivity index (χ0) is 16.2. The van der Waals surface area contributed by atoms with Gasteiger partial charge in [-0.05, 0) is 19.1 Å². The summed E-state index contributed by atoms with van der Waals surface area (Å²) in [5.74, 6) is 0.589. The van der Waals surface area contributed by atoms with Crippen molar-refractivity contribution in [2.45, 2.75) is 12.5 Å². The first-order chi connectivity index (χ1) is 10.5. The van der Waals surface area contributed by atoms with Gasteiger partial charge in [0.25, 0.3) is 0 Å². The fraction of sp³-hybridized carbons (Fsp3) is 0.467. The number of carbonyl (C=O) groups excluding carboxylic acids is 1. The van der Waals surface area contributed by atoms with Crippen LogP contribution in [-0.2, 0) is 14.3 Å². The topological polar surface area (TPSA) is 89.4 Å². The molecule has 7 nitrogen and oxygen atoms in total. The zero-order valence-corrected chi connectivity index (χ0v) is 12.9. The second-order valence-corrected chi connectivity index (χ2v) is 5.10. The minimum Gasteiger partial charge on any atom is -0.507 e. The molecule has 7 heteroatoms. The molecule has 0 saturated carbocycles. The quantitative estimate of drug-likeness (QED) is 0.594. The van der Waals surface area contributed by atoms with Crippen molar-refractivity contribution in [3.05, 3.63) is 23.8 Å². The first-order valence-electron chi connectivity index (χ1n) is 6.87. The maximum Gasteiger partial charge on any atom is 0.335 e. The average molecular weight is 308 g/mol. The summed E-state index contributed by atoms with van der Waals surface area (Å²) in [7, 11) is 2.91. The molecule has 0 spiro atoms. The Kier molecular flexibility index (Phi) is 4.87. The molecule has 0 aromatic heterocycles. The SMILES string of the molecule is COCCOc1ccc(C2=NC(C)(C(=O)OC)CN2)c(O)c1. The van der Waals surface area contributed by atoms with Gasteiger partial charge in [0.05, 0.1) is 25.8 Å². The van der Waals surface area contributed by atoms with E-state index in [2.05, 4.69) is 10.3 Å². The van der Waals surface area contributed by atoms with E-state index in [-0.39, 0.29) is 5.75 Å². The maximum absolute atomic E-state index is 11.7. The number of hydrogen-bond donors (Lipinski definition) is 2. The molecule has 1 heterocycles. The molecule has 2 N–H and O–H groups in total. The van der Waals surface area contributed by atoms with Crippen LogP contribution in [0.1, 0.15) is 12.5 Å². The fourth-order valence-corrected chi connectivity index (χ4v) is 2.12.